The van der Waals surface area contributed by atoms with Gasteiger partial charge in [0, 0.05) is 32.3 Å². The van der Waals surface area contributed by atoms with Crippen molar-refractivity contribution in [1.29, 1.82) is 0 Å². The second kappa shape index (κ2) is 13.3. The summed E-state index contributed by atoms with van der Waals surface area (Å²) in [6.07, 6.45) is -5.19. The van der Waals surface area contributed by atoms with Gasteiger partial charge in [-0.3, -0.25) is 10.6 Å². The molecule has 8 nitrogen and oxygen atoms in total. The SMILES string of the molecule is CNC(=O)C(N)CN(N)CC(F)CC/C(=N/N)SCCc1cccc(OC(F)(F)F)c1. The zero-order valence-electron chi connectivity index (χ0n) is 17.1. The van der Waals surface area contributed by atoms with Crippen LogP contribution in [0.3, 0.4) is 0 Å². The fourth-order valence-corrected chi connectivity index (χ4v) is 3.49. The Morgan fingerprint density at radius 2 is 2.06 bits per heavy atom. The molecule has 0 aliphatic rings. The largest absolute Gasteiger partial charge is 0.573 e. The molecule has 0 radical (unpaired) electrons. The molecular weight excluding hydrogens is 440 g/mol. The molecule has 0 bridgehead atoms. The number of hydrogen-bond acceptors (Lipinski definition) is 8. The van der Waals surface area contributed by atoms with Gasteiger partial charge in [-0.15, -0.1) is 24.9 Å². The number of nitrogens with one attached hydrogen (secondary N) is 1. The number of thioether (sulfide) groups is 1. The molecule has 0 heterocycles. The van der Waals surface area contributed by atoms with Gasteiger partial charge in [-0.2, -0.15) is 5.10 Å². The summed E-state index contributed by atoms with van der Waals surface area (Å²) in [6.45, 7) is -0.108. The Bertz CT molecular complexity index is 723. The first kappa shape index (κ1) is 26.9. The van der Waals surface area contributed by atoms with Crippen LogP contribution in [0.15, 0.2) is 29.4 Å². The molecule has 2 unspecified atom stereocenters. The lowest BCUT2D eigenvalue weighted by atomic mass is 10.2. The van der Waals surface area contributed by atoms with E-state index in [1.54, 1.807) is 6.07 Å². The summed E-state index contributed by atoms with van der Waals surface area (Å²) >= 11 is 1.29. The molecule has 0 aliphatic carbocycles. The van der Waals surface area contributed by atoms with Crippen molar-refractivity contribution in [3.63, 3.8) is 0 Å². The fraction of sp³-hybridized carbons (Fsp3) is 0.556. The number of hydrazine groups is 1. The zero-order valence-corrected chi connectivity index (χ0v) is 17.9. The lowest BCUT2D eigenvalue weighted by Gasteiger charge is -2.21. The van der Waals surface area contributed by atoms with E-state index in [1.807, 2.05) is 0 Å². The summed E-state index contributed by atoms with van der Waals surface area (Å²) < 4.78 is 55.0. The molecule has 1 aromatic rings. The van der Waals surface area contributed by atoms with Crippen molar-refractivity contribution >= 4 is 22.7 Å². The number of alkyl halides is 4. The van der Waals surface area contributed by atoms with Gasteiger partial charge in [0.2, 0.25) is 5.91 Å². The van der Waals surface area contributed by atoms with Gasteiger partial charge in [-0.1, -0.05) is 12.1 Å². The number of aryl methyl sites for hydroxylation is 1. The second-order valence-corrected chi connectivity index (χ2v) is 7.80. The summed E-state index contributed by atoms with van der Waals surface area (Å²) in [5.41, 5.74) is 6.28. The molecule has 0 fully saturated rings. The number of nitrogens with two attached hydrogens (primary N) is 3. The summed E-state index contributed by atoms with van der Waals surface area (Å²) in [5.74, 6) is 10.9. The predicted molar refractivity (Wildman–Crippen MR) is 113 cm³/mol. The average Bonchev–Trinajstić information content (AvgIpc) is 2.68. The third-order valence-corrected chi connectivity index (χ3v) is 5.10. The Kier molecular flexibility index (Phi) is 11.6. The van der Waals surface area contributed by atoms with Crippen molar-refractivity contribution in [3.8, 4) is 5.75 Å². The van der Waals surface area contributed by atoms with Crippen molar-refractivity contribution in [2.75, 3.05) is 25.9 Å². The van der Waals surface area contributed by atoms with Crippen LogP contribution in [0, 0.1) is 0 Å². The number of ether oxygens (including phenoxy) is 1. The van der Waals surface area contributed by atoms with Crippen molar-refractivity contribution < 1.29 is 27.1 Å². The molecule has 0 aliphatic heterocycles. The molecule has 7 N–H and O–H groups in total. The van der Waals surface area contributed by atoms with Crippen LogP contribution < -0.4 is 27.5 Å². The molecule has 0 saturated carbocycles. The van der Waals surface area contributed by atoms with E-state index in [4.69, 9.17) is 17.4 Å². The maximum atomic E-state index is 14.2. The predicted octanol–water partition coefficient (Wildman–Crippen LogP) is 1.50. The average molecular weight is 469 g/mol. The monoisotopic (exact) mass is 468 g/mol. The number of hydrazone groups is 1. The summed E-state index contributed by atoms with van der Waals surface area (Å²) in [4.78, 5) is 11.4. The molecule has 1 aromatic carbocycles. The zero-order chi connectivity index (χ0) is 23.4. The van der Waals surface area contributed by atoms with Gasteiger partial charge in [-0.25, -0.2) is 9.40 Å². The highest BCUT2D eigenvalue weighted by atomic mass is 32.2. The Balaban J connectivity index is 2.38. The number of carbonyl (C=O) groups is 1. The minimum atomic E-state index is -4.75. The Morgan fingerprint density at radius 3 is 2.68 bits per heavy atom. The highest BCUT2D eigenvalue weighted by Crippen LogP contribution is 2.24. The molecule has 31 heavy (non-hydrogen) atoms. The van der Waals surface area contributed by atoms with E-state index in [0.717, 1.165) is 5.01 Å². The smallest absolute Gasteiger partial charge is 0.406 e. The normalized spacial score (nSPS) is 14.4. The Morgan fingerprint density at radius 1 is 1.35 bits per heavy atom. The number of carbonyl (C=O) groups excluding carboxylic acids is 1. The molecule has 0 aromatic heterocycles. The van der Waals surface area contributed by atoms with Crippen LogP contribution in [-0.4, -0.2) is 60.4 Å². The van der Waals surface area contributed by atoms with Crippen molar-refractivity contribution in [2.24, 2.45) is 22.5 Å². The van der Waals surface area contributed by atoms with Crippen LogP contribution in [-0.2, 0) is 11.2 Å². The van der Waals surface area contributed by atoms with E-state index in [-0.39, 0.29) is 31.7 Å². The molecule has 176 valence electrons. The van der Waals surface area contributed by atoms with Crippen LogP contribution in [0.2, 0.25) is 0 Å². The van der Waals surface area contributed by atoms with E-state index >= 15 is 0 Å². The number of nitrogens with zero attached hydrogens (tertiary/aromatic N) is 2. The summed E-state index contributed by atoms with van der Waals surface area (Å²) in [7, 11) is 1.44. The van der Waals surface area contributed by atoms with E-state index in [2.05, 4.69) is 15.2 Å². The quantitative estimate of drug-likeness (QED) is 0.120. The molecular formula is C18H28F4N6O2S. The molecule has 1 rings (SSSR count). The fourth-order valence-electron chi connectivity index (χ4n) is 2.58. The minimum absolute atomic E-state index is 0.00377. The first-order valence-electron chi connectivity index (χ1n) is 9.39. The highest BCUT2D eigenvalue weighted by Gasteiger charge is 2.31. The number of halogens is 4. The minimum Gasteiger partial charge on any atom is -0.406 e. The third kappa shape index (κ3) is 11.8. The topological polar surface area (TPSA) is 132 Å². The van der Waals surface area contributed by atoms with Gasteiger partial charge < -0.3 is 21.6 Å². The van der Waals surface area contributed by atoms with E-state index in [0.29, 0.717) is 22.8 Å². The maximum Gasteiger partial charge on any atom is 0.573 e. The van der Waals surface area contributed by atoms with Crippen LogP contribution >= 0.6 is 11.8 Å². The van der Waals surface area contributed by atoms with Crippen LogP contribution in [0.25, 0.3) is 0 Å². The highest BCUT2D eigenvalue weighted by molar-refractivity contribution is 8.13. The van der Waals surface area contributed by atoms with Crippen LogP contribution in [0.4, 0.5) is 17.6 Å². The first-order valence-corrected chi connectivity index (χ1v) is 10.4. The number of amides is 1. The lowest BCUT2D eigenvalue weighted by Crippen LogP contribution is -2.50. The van der Waals surface area contributed by atoms with Gasteiger partial charge in [0.25, 0.3) is 0 Å². The van der Waals surface area contributed by atoms with Crippen molar-refractivity contribution in [3.05, 3.63) is 29.8 Å². The molecule has 1 amide bonds. The molecule has 2 atom stereocenters. The number of benzene rings is 1. The van der Waals surface area contributed by atoms with Gasteiger partial charge in [0.1, 0.15) is 11.9 Å². The van der Waals surface area contributed by atoms with Gasteiger partial charge >= 0.3 is 6.36 Å². The molecule has 0 spiro atoms. The first-order chi connectivity index (χ1) is 14.5. The number of hydrogen-bond donors (Lipinski definition) is 4. The van der Waals surface area contributed by atoms with E-state index < -0.39 is 24.5 Å². The van der Waals surface area contributed by atoms with Gasteiger partial charge in [0.15, 0.2) is 0 Å². The molecule has 0 saturated heterocycles. The van der Waals surface area contributed by atoms with Crippen LogP contribution in [0.1, 0.15) is 18.4 Å². The van der Waals surface area contributed by atoms with Crippen molar-refractivity contribution in [1.82, 2.24) is 10.3 Å². The second-order valence-electron chi connectivity index (χ2n) is 6.63. The lowest BCUT2D eigenvalue weighted by molar-refractivity contribution is -0.274. The maximum absolute atomic E-state index is 14.2. The standard InChI is InChI=1S/C18H28F4N6O2S/c1-26-17(29)15(23)11-28(25)10-13(19)5-6-16(27-24)31-8-7-12-3-2-4-14(9-12)30-18(20,21)22/h2-4,9,13,15H,5-8,10-11,23-25H2,1H3,(H,26,29)/b27-16-. The van der Waals surface area contributed by atoms with Crippen molar-refractivity contribution in [2.45, 2.75) is 37.8 Å². The number of rotatable bonds is 12. The summed E-state index contributed by atoms with van der Waals surface area (Å²) in [5, 5.41) is 7.68. The Hall–Kier alpha value is -2.09. The van der Waals surface area contributed by atoms with Gasteiger partial charge in [0.05, 0.1) is 11.1 Å². The number of likely N-dealkylation sites (N-methyl/N-ethyl adjacent to an activating group) is 1. The summed E-state index contributed by atoms with van der Waals surface area (Å²) in [6, 6.07) is 4.82. The van der Waals surface area contributed by atoms with E-state index in [1.165, 1.54) is 37.0 Å². The van der Waals surface area contributed by atoms with E-state index in [9.17, 15) is 22.4 Å². The Labute approximate surface area is 182 Å². The van der Waals surface area contributed by atoms with Gasteiger partial charge in [-0.05, 0) is 30.5 Å². The molecule has 13 heteroatoms. The third-order valence-electron chi connectivity index (χ3n) is 4.05. The van der Waals surface area contributed by atoms with Crippen LogP contribution in [0.5, 0.6) is 5.75 Å².